The van der Waals surface area contributed by atoms with Gasteiger partial charge in [0.1, 0.15) is 11.5 Å². The predicted molar refractivity (Wildman–Crippen MR) is 224 cm³/mol. The number of unbranched alkanes of at least 4 members (excludes halogenated alkanes) is 10. The largest absolute Gasteiger partial charge is 0.457 e. The molecule has 2 unspecified atom stereocenters. The van der Waals surface area contributed by atoms with Crippen LogP contribution in [0.1, 0.15) is 163 Å². The monoisotopic (exact) mass is 683 g/mol. The van der Waals surface area contributed by atoms with Gasteiger partial charge in [-0.3, -0.25) is 0 Å². The first-order chi connectivity index (χ1) is 24.9. The zero-order valence-corrected chi connectivity index (χ0v) is 32.9. The van der Waals surface area contributed by atoms with Gasteiger partial charge in [0.25, 0.3) is 0 Å². The Bertz CT molecular complexity index is 1530. The molecule has 0 spiro atoms. The molecule has 0 aliphatic carbocycles. The van der Waals surface area contributed by atoms with Crippen LogP contribution < -0.4 is 4.74 Å². The summed E-state index contributed by atoms with van der Waals surface area (Å²) in [6, 6.07) is 35.2. The minimum Gasteiger partial charge on any atom is -0.457 e. The number of ether oxygens (including phenoxy) is 1. The summed E-state index contributed by atoms with van der Waals surface area (Å²) >= 11 is 0. The van der Waals surface area contributed by atoms with Gasteiger partial charge in [0.15, 0.2) is 0 Å². The third kappa shape index (κ3) is 12.7. The second-order valence-corrected chi connectivity index (χ2v) is 14.9. The highest BCUT2D eigenvalue weighted by atomic mass is 16.5. The summed E-state index contributed by atoms with van der Waals surface area (Å²) < 4.78 is 7.12. The summed E-state index contributed by atoms with van der Waals surface area (Å²) in [6.07, 6.45) is 22.7. The van der Waals surface area contributed by atoms with Crippen LogP contribution in [0.4, 0.5) is 0 Å². The van der Waals surface area contributed by atoms with Crippen LogP contribution in [0.3, 0.4) is 0 Å². The van der Waals surface area contributed by atoms with Gasteiger partial charge in [-0.15, -0.1) is 0 Å². The fourth-order valence-electron chi connectivity index (χ4n) is 7.54. The molecule has 0 fully saturated rings. The molecule has 4 rings (SSSR count). The van der Waals surface area contributed by atoms with Gasteiger partial charge >= 0.3 is 0 Å². The first-order valence-electron chi connectivity index (χ1n) is 20.3. The van der Waals surface area contributed by atoms with Crippen molar-refractivity contribution in [2.45, 2.75) is 143 Å². The zero-order valence-electron chi connectivity index (χ0n) is 32.9. The molecule has 1 nitrogen and oxygen atoms in total. The maximum atomic E-state index is 7.12. The van der Waals surface area contributed by atoms with Crippen molar-refractivity contribution in [1.29, 1.82) is 0 Å². The molecule has 0 saturated heterocycles. The third-order valence-electron chi connectivity index (χ3n) is 10.7. The summed E-state index contributed by atoms with van der Waals surface area (Å²) in [5.74, 6) is 2.55. The van der Waals surface area contributed by atoms with Crippen LogP contribution in [0, 0.1) is 13.8 Å². The van der Waals surface area contributed by atoms with Crippen molar-refractivity contribution < 1.29 is 4.74 Å². The zero-order chi connectivity index (χ0) is 36.3. The highest BCUT2D eigenvalue weighted by molar-refractivity contribution is 5.60. The van der Waals surface area contributed by atoms with E-state index in [-0.39, 0.29) is 0 Å². The predicted octanol–water partition coefficient (Wildman–Crippen LogP) is 16.0. The number of allylic oxidation sites excluding steroid dienone is 2. The van der Waals surface area contributed by atoms with Crippen molar-refractivity contribution in [3.63, 3.8) is 0 Å². The first kappa shape index (κ1) is 39.9. The summed E-state index contributed by atoms with van der Waals surface area (Å²) in [7, 11) is 0. The van der Waals surface area contributed by atoms with Crippen LogP contribution >= 0.6 is 0 Å². The first-order valence-corrected chi connectivity index (χ1v) is 20.3. The molecular weight excluding hydrogens is 617 g/mol. The van der Waals surface area contributed by atoms with E-state index in [1.807, 2.05) is 0 Å². The van der Waals surface area contributed by atoms with Gasteiger partial charge in [-0.1, -0.05) is 199 Å². The van der Waals surface area contributed by atoms with Crippen LogP contribution in [0.2, 0.25) is 0 Å². The lowest BCUT2D eigenvalue weighted by Gasteiger charge is -2.25. The molecule has 0 aromatic heterocycles. The number of aryl methyl sites for hydroxylation is 2. The van der Waals surface area contributed by atoms with Gasteiger partial charge in [0, 0.05) is 23.0 Å². The molecule has 2 atom stereocenters. The standard InChI is InChI=1S/C50H66O/c1-7-9-11-13-15-17-31-45(41(5)37-43-29-21-19-27-39(43)3)47-33-23-25-35-49(47)51-50-36-26-24-34-48(50)46(32-18-16-14-12-10-8-2)42(6)38-44-30-22-20-28-40(44)4/h19-30,33-38,45-46H,7-18,31-32H2,1-6H3. The van der Waals surface area contributed by atoms with E-state index in [1.165, 1.54) is 122 Å². The van der Waals surface area contributed by atoms with Crippen molar-refractivity contribution >= 4 is 12.2 Å². The maximum absolute atomic E-state index is 7.12. The number of para-hydroxylation sites is 2. The lowest BCUT2D eigenvalue weighted by atomic mass is 9.84. The minimum absolute atomic E-state index is 0.292. The summed E-state index contributed by atoms with van der Waals surface area (Å²) in [4.78, 5) is 0. The molecule has 4 aromatic rings. The fraction of sp³-hybridized carbons (Fsp3) is 0.440. The van der Waals surface area contributed by atoms with E-state index in [9.17, 15) is 0 Å². The summed E-state index contributed by atoms with van der Waals surface area (Å²) in [6.45, 7) is 13.7. The van der Waals surface area contributed by atoms with Crippen LogP contribution in [0.15, 0.2) is 108 Å². The van der Waals surface area contributed by atoms with E-state index in [0.717, 1.165) is 24.3 Å². The molecule has 0 aliphatic heterocycles. The van der Waals surface area contributed by atoms with Gasteiger partial charge in [-0.2, -0.15) is 0 Å². The second-order valence-electron chi connectivity index (χ2n) is 14.9. The van der Waals surface area contributed by atoms with Crippen molar-refractivity contribution in [2.24, 2.45) is 0 Å². The average molecular weight is 683 g/mol. The van der Waals surface area contributed by atoms with Crippen molar-refractivity contribution in [3.8, 4) is 11.5 Å². The molecule has 0 radical (unpaired) electrons. The highest BCUT2D eigenvalue weighted by Gasteiger charge is 2.22. The van der Waals surface area contributed by atoms with Gasteiger partial charge in [-0.25, -0.2) is 0 Å². The minimum atomic E-state index is 0.292. The van der Waals surface area contributed by atoms with E-state index in [4.69, 9.17) is 4.74 Å². The van der Waals surface area contributed by atoms with Gasteiger partial charge in [0.05, 0.1) is 0 Å². The van der Waals surface area contributed by atoms with Gasteiger partial charge in [-0.05, 0) is 74.9 Å². The van der Waals surface area contributed by atoms with Crippen LogP contribution in [0.25, 0.3) is 12.2 Å². The maximum Gasteiger partial charge on any atom is 0.131 e. The topological polar surface area (TPSA) is 9.23 Å². The Labute approximate surface area is 312 Å². The number of benzene rings is 4. The van der Waals surface area contributed by atoms with Crippen molar-refractivity contribution in [1.82, 2.24) is 0 Å². The molecule has 1 heteroatoms. The SMILES string of the molecule is CCCCCCCCC(C(C)=Cc1ccccc1C)c1ccccc1Oc1ccccc1C(CCCCCCCC)C(C)=Cc1ccccc1C. The molecule has 0 saturated carbocycles. The molecule has 0 N–H and O–H groups in total. The second kappa shape index (κ2) is 22.2. The quantitative estimate of drug-likeness (QED) is 0.0750. The van der Waals surface area contributed by atoms with Crippen LogP contribution in [0.5, 0.6) is 11.5 Å². The Balaban J connectivity index is 1.68. The van der Waals surface area contributed by atoms with Crippen LogP contribution in [-0.4, -0.2) is 0 Å². The molecule has 4 aromatic carbocycles. The molecular formula is C50H66O. The highest BCUT2D eigenvalue weighted by Crippen LogP contribution is 2.42. The fourth-order valence-corrected chi connectivity index (χ4v) is 7.54. The Morgan fingerprint density at radius 1 is 0.471 bits per heavy atom. The van der Waals surface area contributed by atoms with E-state index in [0.29, 0.717) is 11.8 Å². The normalized spacial score (nSPS) is 13.3. The molecule has 0 heterocycles. The Morgan fingerprint density at radius 2 is 0.824 bits per heavy atom. The van der Waals surface area contributed by atoms with Crippen LogP contribution in [-0.2, 0) is 0 Å². The molecule has 0 aliphatic rings. The Kier molecular flexibility index (Phi) is 17.4. The van der Waals surface area contributed by atoms with E-state index in [2.05, 4.69) is 151 Å². The molecule has 0 amide bonds. The molecule has 0 bridgehead atoms. The summed E-state index contributed by atoms with van der Waals surface area (Å²) in [5.41, 5.74) is 10.6. The number of hydrogen-bond acceptors (Lipinski definition) is 1. The average Bonchev–Trinajstić information content (AvgIpc) is 3.14. The lowest BCUT2D eigenvalue weighted by Crippen LogP contribution is -2.06. The van der Waals surface area contributed by atoms with Gasteiger partial charge in [0.2, 0.25) is 0 Å². The number of hydrogen-bond donors (Lipinski definition) is 0. The molecule has 272 valence electrons. The Morgan fingerprint density at radius 3 is 1.24 bits per heavy atom. The lowest BCUT2D eigenvalue weighted by molar-refractivity contribution is 0.456. The van der Waals surface area contributed by atoms with E-state index in [1.54, 1.807) is 0 Å². The summed E-state index contributed by atoms with van der Waals surface area (Å²) in [5, 5.41) is 0. The third-order valence-corrected chi connectivity index (χ3v) is 10.7. The van der Waals surface area contributed by atoms with Gasteiger partial charge < -0.3 is 4.74 Å². The smallest absolute Gasteiger partial charge is 0.131 e. The Hall–Kier alpha value is -3.84. The van der Waals surface area contributed by atoms with Crippen molar-refractivity contribution in [2.75, 3.05) is 0 Å². The van der Waals surface area contributed by atoms with Crippen molar-refractivity contribution in [3.05, 3.63) is 142 Å². The van der Waals surface area contributed by atoms with E-state index >= 15 is 0 Å². The molecule has 51 heavy (non-hydrogen) atoms. The number of rotatable bonds is 22. The van der Waals surface area contributed by atoms with E-state index < -0.39 is 0 Å².